The molecule has 7 heteroatoms. The van der Waals surface area contributed by atoms with E-state index >= 15 is 0 Å². The van der Waals surface area contributed by atoms with E-state index in [4.69, 9.17) is 10.1 Å². The molecule has 0 saturated heterocycles. The topological polar surface area (TPSA) is 88.0 Å². The summed E-state index contributed by atoms with van der Waals surface area (Å²) in [6, 6.07) is 7.29. The predicted octanol–water partition coefficient (Wildman–Crippen LogP) is 3.03. The second kappa shape index (κ2) is 7.45. The van der Waals surface area contributed by atoms with Crippen LogP contribution in [0.15, 0.2) is 29.2 Å². The minimum atomic E-state index is -0.428. The number of rotatable bonds is 6. The number of carbonyl (C=O) groups is 1. The maximum atomic E-state index is 12.5. The summed E-state index contributed by atoms with van der Waals surface area (Å²) in [5.74, 6) is 0.566. The van der Waals surface area contributed by atoms with Gasteiger partial charge in [-0.2, -0.15) is 0 Å². The van der Waals surface area contributed by atoms with Crippen molar-refractivity contribution in [2.75, 3.05) is 7.11 Å². The number of hydrogen-bond acceptors (Lipinski definition) is 6. The number of methoxy groups -OCH3 is 1. The summed E-state index contributed by atoms with van der Waals surface area (Å²) in [7, 11) is 1.55. The van der Waals surface area contributed by atoms with Crippen LogP contribution < -0.4 is 10.1 Å². The number of aryl methyl sites for hydroxylation is 1. The highest BCUT2D eigenvalue weighted by Crippen LogP contribution is 2.32. The van der Waals surface area contributed by atoms with E-state index in [-0.39, 0.29) is 17.4 Å². The zero-order chi connectivity index (χ0) is 18.8. The SMILES string of the molecule is COc1cccc(-c2cc(C)c(S)c(C(=N)C(=O)NC(C)C3CC3)n2)n1. The fraction of sp³-hybridized carbons (Fsp3) is 0.368. The second-order valence-corrected chi connectivity index (χ2v) is 7.01. The zero-order valence-corrected chi connectivity index (χ0v) is 15.9. The molecule has 2 heterocycles. The minimum absolute atomic E-state index is 0.0653. The zero-order valence-electron chi connectivity index (χ0n) is 15.0. The lowest BCUT2D eigenvalue weighted by atomic mass is 10.1. The summed E-state index contributed by atoms with van der Waals surface area (Å²) < 4.78 is 5.16. The number of pyridine rings is 2. The van der Waals surface area contributed by atoms with Crippen LogP contribution in [0.1, 0.15) is 31.0 Å². The van der Waals surface area contributed by atoms with Gasteiger partial charge in [0.2, 0.25) is 5.88 Å². The van der Waals surface area contributed by atoms with E-state index in [0.717, 1.165) is 18.4 Å². The van der Waals surface area contributed by atoms with Crippen LogP contribution in [0, 0.1) is 18.3 Å². The first-order valence-corrected chi connectivity index (χ1v) is 8.97. The Morgan fingerprint density at radius 3 is 2.73 bits per heavy atom. The highest BCUT2D eigenvalue weighted by molar-refractivity contribution is 7.80. The maximum absolute atomic E-state index is 12.5. The molecule has 1 saturated carbocycles. The van der Waals surface area contributed by atoms with Gasteiger partial charge in [0.15, 0.2) is 0 Å². The minimum Gasteiger partial charge on any atom is -0.481 e. The van der Waals surface area contributed by atoms with Crippen molar-refractivity contribution in [1.82, 2.24) is 15.3 Å². The normalized spacial score (nSPS) is 14.6. The number of thiol groups is 1. The second-order valence-electron chi connectivity index (χ2n) is 6.56. The molecule has 0 aliphatic heterocycles. The third-order valence-corrected chi connectivity index (χ3v) is 5.09. The molecule has 0 spiro atoms. The fourth-order valence-corrected chi connectivity index (χ4v) is 2.97. The first-order chi connectivity index (χ1) is 12.4. The summed E-state index contributed by atoms with van der Waals surface area (Å²) in [6.45, 7) is 3.84. The van der Waals surface area contributed by atoms with Crippen LogP contribution in [0.2, 0.25) is 0 Å². The van der Waals surface area contributed by atoms with Gasteiger partial charge < -0.3 is 10.1 Å². The Hall–Kier alpha value is -2.41. The molecular formula is C19H22N4O2S. The van der Waals surface area contributed by atoms with E-state index in [1.807, 2.05) is 32.0 Å². The van der Waals surface area contributed by atoms with Gasteiger partial charge in [0, 0.05) is 17.0 Å². The molecule has 2 aromatic heterocycles. The number of carbonyl (C=O) groups excluding carboxylic acids is 1. The molecule has 1 unspecified atom stereocenters. The number of ether oxygens (including phenoxy) is 1. The van der Waals surface area contributed by atoms with Crippen molar-refractivity contribution in [1.29, 1.82) is 5.41 Å². The average molecular weight is 370 g/mol. The molecule has 3 rings (SSSR count). The van der Waals surface area contributed by atoms with Crippen molar-refractivity contribution in [3.63, 3.8) is 0 Å². The van der Waals surface area contributed by atoms with Crippen molar-refractivity contribution in [2.45, 2.75) is 37.6 Å². The van der Waals surface area contributed by atoms with Crippen molar-refractivity contribution < 1.29 is 9.53 Å². The Labute approximate surface area is 158 Å². The van der Waals surface area contributed by atoms with Crippen LogP contribution >= 0.6 is 12.6 Å². The Balaban J connectivity index is 1.92. The monoisotopic (exact) mass is 370 g/mol. The van der Waals surface area contributed by atoms with Crippen molar-refractivity contribution in [2.24, 2.45) is 5.92 Å². The first kappa shape index (κ1) is 18.4. The first-order valence-electron chi connectivity index (χ1n) is 8.52. The molecule has 136 valence electrons. The average Bonchev–Trinajstić information content (AvgIpc) is 3.48. The van der Waals surface area contributed by atoms with Gasteiger partial charge in [0.25, 0.3) is 5.91 Å². The number of nitrogens with one attached hydrogen (secondary N) is 2. The summed E-state index contributed by atoms with van der Waals surface area (Å²) >= 11 is 4.46. The maximum Gasteiger partial charge on any atom is 0.271 e. The molecule has 1 fully saturated rings. The Morgan fingerprint density at radius 2 is 2.08 bits per heavy atom. The Bertz CT molecular complexity index is 865. The van der Waals surface area contributed by atoms with Gasteiger partial charge in [-0.1, -0.05) is 6.07 Å². The van der Waals surface area contributed by atoms with Crippen molar-refractivity contribution in [3.8, 4) is 17.3 Å². The van der Waals surface area contributed by atoms with E-state index in [0.29, 0.717) is 28.1 Å². The standard InChI is InChI=1S/C19H22N4O2S/c1-10-9-14(13-5-4-6-15(22-13)25-3)23-17(18(10)26)16(20)19(24)21-11(2)12-7-8-12/h4-6,9,11-12,20,26H,7-8H2,1-3H3,(H,21,24). The molecule has 26 heavy (non-hydrogen) atoms. The lowest BCUT2D eigenvalue weighted by molar-refractivity contribution is -0.115. The lowest BCUT2D eigenvalue weighted by Crippen LogP contribution is -2.39. The molecule has 1 aliphatic rings. The van der Waals surface area contributed by atoms with Gasteiger partial charge in [0.05, 0.1) is 18.5 Å². The third kappa shape index (κ3) is 3.88. The predicted molar refractivity (Wildman–Crippen MR) is 103 cm³/mol. The summed E-state index contributed by atoms with van der Waals surface area (Å²) in [5.41, 5.74) is 2.08. The molecule has 6 nitrogen and oxygen atoms in total. The number of aromatic nitrogens is 2. The van der Waals surface area contributed by atoms with Crippen LogP contribution in [0.3, 0.4) is 0 Å². The number of hydrogen-bond donors (Lipinski definition) is 3. The summed E-state index contributed by atoms with van der Waals surface area (Å²) in [6.07, 6.45) is 2.25. The summed E-state index contributed by atoms with van der Waals surface area (Å²) in [4.78, 5) is 21.8. The van der Waals surface area contributed by atoms with E-state index in [9.17, 15) is 4.79 Å². The van der Waals surface area contributed by atoms with E-state index in [1.54, 1.807) is 13.2 Å². The molecule has 0 aromatic carbocycles. The molecule has 2 N–H and O–H groups in total. The molecule has 1 aliphatic carbocycles. The van der Waals surface area contributed by atoms with E-state index < -0.39 is 5.91 Å². The fourth-order valence-electron chi connectivity index (χ4n) is 2.74. The van der Waals surface area contributed by atoms with Gasteiger partial charge in [-0.25, -0.2) is 9.97 Å². The quantitative estimate of drug-likeness (QED) is 0.539. The highest BCUT2D eigenvalue weighted by atomic mass is 32.1. The van der Waals surface area contributed by atoms with Gasteiger partial charge in [-0.3, -0.25) is 10.2 Å². The lowest BCUT2D eigenvalue weighted by Gasteiger charge is -2.15. The molecular weight excluding hydrogens is 348 g/mol. The molecule has 1 atom stereocenters. The van der Waals surface area contributed by atoms with Gasteiger partial charge in [-0.05, 0) is 50.3 Å². The van der Waals surface area contributed by atoms with Gasteiger partial charge in [0.1, 0.15) is 11.4 Å². The molecule has 2 aromatic rings. The Morgan fingerprint density at radius 1 is 1.35 bits per heavy atom. The summed E-state index contributed by atoms with van der Waals surface area (Å²) in [5, 5.41) is 11.2. The van der Waals surface area contributed by atoms with E-state index in [1.165, 1.54) is 0 Å². The smallest absolute Gasteiger partial charge is 0.271 e. The van der Waals surface area contributed by atoms with Crippen LogP contribution in [-0.4, -0.2) is 34.7 Å². The van der Waals surface area contributed by atoms with Crippen molar-refractivity contribution >= 4 is 24.2 Å². The largest absolute Gasteiger partial charge is 0.481 e. The van der Waals surface area contributed by atoms with Crippen LogP contribution in [0.5, 0.6) is 5.88 Å². The van der Waals surface area contributed by atoms with Crippen molar-refractivity contribution in [3.05, 3.63) is 35.5 Å². The van der Waals surface area contributed by atoms with Crippen LogP contribution in [0.25, 0.3) is 11.4 Å². The Kier molecular flexibility index (Phi) is 5.27. The third-order valence-electron chi connectivity index (χ3n) is 4.53. The van der Waals surface area contributed by atoms with Gasteiger partial charge >= 0.3 is 0 Å². The highest BCUT2D eigenvalue weighted by Gasteiger charge is 2.30. The van der Waals surface area contributed by atoms with Gasteiger partial charge in [-0.15, -0.1) is 12.6 Å². The van der Waals surface area contributed by atoms with Crippen LogP contribution in [0.4, 0.5) is 0 Å². The molecule has 0 bridgehead atoms. The molecule has 0 radical (unpaired) electrons. The number of nitrogens with zero attached hydrogens (tertiary/aromatic N) is 2. The van der Waals surface area contributed by atoms with E-state index in [2.05, 4.69) is 27.9 Å². The van der Waals surface area contributed by atoms with Crippen LogP contribution in [-0.2, 0) is 4.79 Å². The number of amides is 1. The molecule has 1 amide bonds.